The lowest BCUT2D eigenvalue weighted by atomic mass is 10.2. The Morgan fingerprint density at radius 1 is 1.43 bits per heavy atom. The first-order valence-electron chi connectivity index (χ1n) is 6.94. The van der Waals surface area contributed by atoms with Crippen molar-refractivity contribution in [2.75, 3.05) is 11.1 Å². The highest BCUT2D eigenvalue weighted by Crippen LogP contribution is 2.38. The van der Waals surface area contributed by atoms with Crippen molar-refractivity contribution in [2.45, 2.75) is 35.8 Å². The fourth-order valence-electron chi connectivity index (χ4n) is 1.93. The van der Waals surface area contributed by atoms with Crippen molar-refractivity contribution in [1.29, 1.82) is 0 Å². The second-order valence-corrected chi connectivity index (χ2v) is 8.11. The first-order chi connectivity index (χ1) is 10.3. The lowest BCUT2D eigenvalue weighted by Gasteiger charge is -2.05. The molecule has 114 valence electrons. The summed E-state index contributed by atoms with van der Waals surface area (Å²) in [6, 6.07) is 7.15. The summed E-state index contributed by atoms with van der Waals surface area (Å²) in [5.74, 6) is 1.29. The molecule has 1 aliphatic rings. The van der Waals surface area contributed by atoms with Crippen LogP contribution in [-0.2, 0) is 4.79 Å². The van der Waals surface area contributed by atoms with Gasteiger partial charge < -0.3 is 9.87 Å². The second kappa shape index (κ2) is 9.46. The minimum Gasteiger partial charge on any atom is -0.326 e. The molecule has 2 rings (SSSR count). The van der Waals surface area contributed by atoms with Crippen LogP contribution in [0.3, 0.4) is 0 Å². The average Bonchev–Trinajstić information content (AvgIpc) is 3.01. The summed E-state index contributed by atoms with van der Waals surface area (Å²) in [5.41, 5.74) is 0.771. The molecule has 1 aromatic carbocycles. The number of benzene rings is 1. The second-order valence-electron chi connectivity index (χ2n) is 4.73. The number of carbonyl (C=O) groups is 1. The van der Waals surface area contributed by atoms with Gasteiger partial charge in [0.25, 0.3) is 0 Å². The molecule has 0 aliphatic carbocycles. The number of allylic oxidation sites excluding steroid dienone is 1. The van der Waals surface area contributed by atoms with Crippen LogP contribution in [0, 0.1) is 0 Å². The Hall–Kier alpha value is -0.560. The van der Waals surface area contributed by atoms with Crippen LogP contribution in [0.5, 0.6) is 0 Å². The zero-order chi connectivity index (χ0) is 14.9. The van der Waals surface area contributed by atoms with E-state index in [2.05, 4.69) is 17.5 Å². The van der Waals surface area contributed by atoms with Crippen LogP contribution in [0.1, 0.15) is 25.7 Å². The summed E-state index contributed by atoms with van der Waals surface area (Å²) in [5, 5.41) is 3.52. The molecule has 1 saturated heterocycles. The summed E-state index contributed by atoms with van der Waals surface area (Å²) in [4.78, 5) is 12.6. The Balaban J connectivity index is 1.62. The van der Waals surface area contributed by atoms with Crippen molar-refractivity contribution in [2.24, 2.45) is 0 Å². The Kier molecular flexibility index (Phi) is 7.57. The lowest BCUT2D eigenvalue weighted by molar-refractivity contribution is -0.116. The monoisotopic (exact) mass is 341 g/mol. The molecule has 3 nitrogen and oxygen atoms in total. The van der Waals surface area contributed by atoms with Gasteiger partial charge in [0.05, 0.1) is 0 Å². The van der Waals surface area contributed by atoms with Gasteiger partial charge in [-0.2, -0.15) is 0 Å². The van der Waals surface area contributed by atoms with E-state index in [0.717, 1.165) is 23.4 Å². The van der Waals surface area contributed by atoms with Crippen molar-refractivity contribution in [3.63, 3.8) is 0 Å². The first-order valence-corrected chi connectivity index (χ1v) is 10.1. The average molecular weight is 342 g/mol. The molecule has 6 heteroatoms. The highest BCUT2D eigenvalue weighted by Gasteiger charge is 2.12. The van der Waals surface area contributed by atoms with Crippen molar-refractivity contribution in [1.82, 2.24) is 0 Å². The number of rotatable bonds is 7. The fourth-order valence-corrected chi connectivity index (χ4v) is 4.93. The van der Waals surface area contributed by atoms with E-state index >= 15 is 0 Å². The van der Waals surface area contributed by atoms with Gasteiger partial charge in [0.2, 0.25) is 5.91 Å². The van der Waals surface area contributed by atoms with Crippen LogP contribution in [0.4, 0.5) is 5.69 Å². The third-order valence-electron chi connectivity index (χ3n) is 3.05. The predicted molar refractivity (Wildman–Crippen MR) is 95.0 cm³/mol. The van der Waals surface area contributed by atoms with Crippen molar-refractivity contribution >= 4 is 45.2 Å². The molecule has 1 aromatic rings. The SMILES string of the molecule is O=C(CCC/C=C/[C@@H]1CCSS1)Nc1ccc(SO)cc1. The number of nitrogens with one attached hydrogen (secondary N) is 1. The summed E-state index contributed by atoms with van der Waals surface area (Å²) >= 11 is 0.703. The highest BCUT2D eigenvalue weighted by molar-refractivity contribution is 8.77. The zero-order valence-electron chi connectivity index (χ0n) is 11.7. The maximum absolute atomic E-state index is 11.8. The first kappa shape index (κ1) is 16.8. The van der Waals surface area contributed by atoms with Crippen molar-refractivity contribution < 1.29 is 9.35 Å². The third kappa shape index (κ3) is 6.38. The Morgan fingerprint density at radius 3 is 2.90 bits per heavy atom. The molecule has 0 unspecified atom stereocenters. The maximum atomic E-state index is 11.8. The molecule has 1 atom stereocenters. The molecule has 2 N–H and O–H groups in total. The fraction of sp³-hybridized carbons (Fsp3) is 0.400. The molecule has 1 heterocycles. The van der Waals surface area contributed by atoms with Crippen LogP contribution in [0.15, 0.2) is 41.3 Å². The van der Waals surface area contributed by atoms with Gasteiger partial charge in [0, 0.05) is 40.0 Å². The molecule has 0 bridgehead atoms. The molecule has 0 aromatic heterocycles. The van der Waals surface area contributed by atoms with Crippen molar-refractivity contribution in [3.05, 3.63) is 36.4 Å². The van der Waals surface area contributed by atoms with E-state index in [9.17, 15) is 4.79 Å². The van der Waals surface area contributed by atoms with E-state index in [4.69, 9.17) is 4.55 Å². The predicted octanol–water partition coefficient (Wildman–Crippen LogP) is 5.07. The van der Waals surface area contributed by atoms with Gasteiger partial charge in [-0.05, 0) is 43.5 Å². The number of unbranched alkanes of at least 4 members (excludes halogenated alkanes) is 1. The smallest absolute Gasteiger partial charge is 0.224 e. The molecule has 21 heavy (non-hydrogen) atoms. The molecule has 1 aliphatic heterocycles. The van der Waals surface area contributed by atoms with Crippen LogP contribution in [0.25, 0.3) is 0 Å². The number of hydrogen-bond acceptors (Lipinski definition) is 5. The molecular weight excluding hydrogens is 322 g/mol. The number of hydrogen-bond donors (Lipinski definition) is 2. The van der Waals surface area contributed by atoms with Gasteiger partial charge >= 0.3 is 0 Å². The minimum absolute atomic E-state index is 0.0404. The van der Waals surface area contributed by atoms with Crippen LogP contribution >= 0.6 is 33.6 Å². The Labute approximate surface area is 138 Å². The van der Waals surface area contributed by atoms with E-state index in [-0.39, 0.29) is 5.91 Å². The van der Waals surface area contributed by atoms with Crippen molar-refractivity contribution in [3.8, 4) is 0 Å². The largest absolute Gasteiger partial charge is 0.326 e. The Bertz CT molecular complexity index is 470. The van der Waals surface area contributed by atoms with Gasteiger partial charge in [0.1, 0.15) is 0 Å². The minimum atomic E-state index is 0.0404. The molecular formula is C15H19NO2S3. The van der Waals surface area contributed by atoms with E-state index in [1.807, 2.05) is 21.6 Å². The molecule has 0 radical (unpaired) electrons. The Morgan fingerprint density at radius 2 is 2.24 bits per heavy atom. The number of anilines is 1. The van der Waals surface area contributed by atoms with Gasteiger partial charge in [-0.1, -0.05) is 33.7 Å². The molecule has 0 saturated carbocycles. The lowest BCUT2D eigenvalue weighted by Crippen LogP contribution is -2.10. The topological polar surface area (TPSA) is 49.3 Å². The summed E-state index contributed by atoms with van der Waals surface area (Å²) in [6.07, 6.45) is 8.09. The summed E-state index contributed by atoms with van der Waals surface area (Å²) < 4.78 is 8.88. The third-order valence-corrected chi connectivity index (χ3v) is 6.36. The molecule has 1 amide bonds. The molecule has 0 spiro atoms. The number of carbonyl (C=O) groups excluding carboxylic acids is 1. The van der Waals surface area contributed by atoms with E-state index in [1.165, 1.54) is 12.2 Å². The van der Waals surface area contributed by atoms with Crippen LogP contribution in [-0.4, -0.2) is 21.5 Å². The van der Waals surface area contributed by atoms with Gasteiger partial charge in [-0.25, -0.2) is 0 Å². The molecule has 1 fully saturated rings. The van der Waals surface area contributed by atoms with Gasteiger partial charge in [-0.3, -0.25) is 4.79 Å². The van der Waals surface area contributed by atoms with Crippen LogP contribution < -0.4 is 5.32 Å². The van der Waals surface area contributed by atoms with Gasteiger partial charge in [0.15, 0.2) is 0 Å². The number of amides is 1. The standard InChI is InChI=1S/C15H19NO2S3/c17-15(16-12-6-8-13(20-18)9-7-12)5-3-1-2-4-14-10-11-19-21-14/h2,4,6-9,14,18H,1,3,5,10-11H2,(H,16,17)/b4-2+/t14-/m1/s1. The summed E-state index contributed by atoms with van der Waals surface area (Å²) in [6.45, 7) is 0. The van der Waals surface area contributed by atoms with E-state index < -0.39 is 0 Å². The zero-order valence-corrected chi connectivity index (χ0v) is 14.1. The maximum Gasteiger partial charge on any atom is 0.224 e. The quantitative estimate of drug-likeness (QED) is 0.314. The van der Waals surface area contributed by atoms with E-state index in [1.54, 1.807) is 24.3 Å². The highest BCUT2D eigenvalue weighted by atomic mass is 33.1. The van der Waals surface area contributed by atoms with E-state index in [0.29, 0.717) is 23.7 Å². The van der Waals surface area contributed by atoms with Gasteiger partial charge in [-0.15, -0.1) is 0 Å². The van der Waals surface area contributed by atoms with Crippen LogP contribution in [0.2, 0.25) is 0 Å². The summed E-state index contributed by atoms with van der Waals surface area (Å²) in [7, 11) is 3.88. The normalized spacial score (nSPS) is 18.2.